The van der Waals surface area contributed by atoms with Crippen LogP contribution in [0.3, 0.4) is 0 Å². The van der Waals surface area contributed by atoms with Crippen LogP contribution in [0.5, 0.6) is 0 Å². The average molecular weight is 254 g/mol. The van der Waals surface area contributed by atoms with Crippen molar-refractivity contribution in [2.75, 3.05) is 5.32 Å². The number of nitriles is 1. The highest BCUT2D eigenvalue weighted by molar-refractivity contribution is 6.05. The highest BCUT2D eigenvalue weighted by Gasteiger charge is 2.10. The van der Waals surface area contributed by atoms with Gasteiger partial charge >= 0.3 is 0 Å². The van der Waals surface area contributed by atoms with Crippen LogP contribution in [0.2, 0.25) is 0 Å². The monoisotopic (exact) mass is 254 g/mol. The first-order valence-electron chi connectivity index (χ1n) is 5.68. The van der Waals surface area contributed by atoms with E-state index in [4.69, 9.17) is 5.26 Å². The first-order valence-corrected chi connectivity index (χ1v) is 5.68. The fraction of sp³-hybridized carbons (Fsp3) is 0.0667. The molecule has 0 aliphatic carbocycles. The molecule has 0 unspecified atom stereocenters. The molecule has 0 aromatic heterocycles. The van der Waals surface area contributed by atoms with E-state index in [2.05, 4.69) is 5.32 Å². The topological polar surface area (TPSA) is 52.9 Å². The molecule has 0 aliphatic heterocycles. The maximum atomic E-state index is 13.0. The second-order valence-electron chi connectivity index (χ2n) is 4.11. The van der Waals surface area contributed by atoms with Gasteiger partial charge in [0.1, 0.15) is 5.82 Å². The lowest BCUT2D eigenvalue weighted by Crippen LogP contribution is -2.13. The molecule has 19 heavy (non-hydrogen) atoms. The molecule has 0 fully saturated rings. The molecule has 1 amide bonds. The number of halogens is 1. The Kier molecular flexibility index (Phi) is 3.58. The SMILES string of the molecule is Cc1cc(F)ccc1C(=O)Nc1cccc(C#N)c1. The van der Waals surface area contributed by atoms with E-state index in [-0.39, 0.29) is 11.7 Å². The Hall–Kier alpha value is -2.67. The highest BCUT2D eigenvalue weighted by Crippen LogP contribution is 2.14. The van der Waals surface area contributed by atoms with Crippen LogP contribution in [0, 0.1) is 24.1 Å². The normalized spacial score (nSPS) is 9.74. The van der Waals surface area contributed by atoms with Gasteiger partial charge in [-0.1, -0.05) is 6.07 Å². The van der Waals surface area contributed by atoms with Gasteiger partial charge in [-0.25, -0.2) is 4.39 Å². The van der Waals surface area contributed by atoms with Crippen LogP contribution in [0.25, 0.3) is 0 Å². The molecule has 0 saturated carbocycles. The van der Waals surface area contributed by atoms with Crippen molar-refractivity contribution in [2.24, 2.45) is 0 Å². The Bertz CT molecular complexity index is 674. The van der Waals surface area contributed by atoms with Crippen LogP contribution >= 0.6 is 0 Å². The van der Waals surface area contributed by atoms with Crippen molar-refractivity contribution >= 4 is 11.6 Å². The van der Waals surface area contributed by atoms with Crippen molar-refractivity contribution in [1.82, 2.24) is 0 Å². The Morgan fingerprint density at radius 2 is 2.05 bits per heavy atom. The molecule has 0 bridgehead atoms. The fourth-order valence-corrected chi connectivity index (χ4v) is 1.75. The lowest BCUT2D eigenvalue weighted by molar-refractivity contribution is 0.102. The number of rotatable bonds is 2. The summed E-state index contributed by atoms with van der Waals surface area (Å²) in [4.78, 5) is 12.0. The van der Waals surface area contributed by atoms with Gasteiger partial charge in [-0.2, -0.15) is 5.26 Å². The molecule has 0 saturated heterocycles. The van der Waals surface area contributed by atoms with E-state index in [0.29, 0.717) is 22.4 Å². The maximum absolute atomic E-state index is 13.0. The molecule has 0 atom stereocenters. The molecule has 0 aliphatic rings. The summed E-state index contributed by atoms with van der Waals surface area (Å²) in [6.07, 6.45) is 0. The van der Waals surface area contributed by atoms with Crippen molar-refractivity contribution in [3.8, 4) is 6.07 Å². The summed E-state index contributed by atoms with van der Waals surface area (Å²) >= 11 is 0. The van der Waals surface area contributed by atoms with Crippen molar-refractivity contribution in [2.45, 2.75) is 6.92 Å². The number of carbonyl (C=O) groups is 1. The number of aryl methyl sites for hydroxylation is 1. The fourth-order valence-electron chi connectivity index (χ4n) is 1.75. The minimum absolute atomic E-state index is 0.326. The quantitative estimate of drug-likeness (QED) is 0.894. The van der Waals surface area contributed by atoms with E-state index >= 15 is 0 Å². The number of amides is 1. The van der Waals surface area contributed by atoms with Crippen molar-refractivity contribution < 1.29 is 9.18 Å². The van der Waals surface area contributed by atoms with Gasteiger partial charge in [0.2, 0.25) is 0 Å². The number of benzene rings is 2. The van der Waals surface area contributed by atoms with E-state index in [9.17, 15) is 9.18 Å². The first kappa shape index (κ1) is 12.8. The summed E-state index contributed by atoms with van der Waals surface area (Å²) in [7, 11) is 0. The summed E-state index contributed by atoms with van der Waals surface area (Å²) in [5.74, 6) is -0.701. The van der Waals surface area contributed by atoms with Crippen LogP contribution in [0.4, 0.5) is 10.1 Å². The molecule has 2 aromatic rings. The number of hydrogen-bond acceptors (Lipinski definition) is 2. The van der Waals surface area contributed by atoms with Crippen LogP contribution in [0.15, 0.2) is 42.5 Å². The van der Waals surface area contributed by atoms with Crippen LogP contribution in [-0.4, -0.2) is 5.91 Å². The third-order valence-corrected chi connectivity index (χ3v) is 2.68. The molecule has 1 N–H and O–H groups in total. The van der Waals surface area contributed by atoms with Gasteiger partial charge in [0.15, 0.2) is 0 Å². The minimum atomic E-state index is -0.375. The van der Waals surface area contributed by atoms with Gasteiger partial charge in [0.05, 0.1) is 11.6 Å². The van der Waals surface area contributed by atoms with E-state index in [1.807, 2.05) is 6.07 Å². The van der Waals surface area contributed by atoms with E-state index in [0.717, 1.165) is 0 Å². The molecule has 0 spiro atoms. The second kappa shape index (κ2) is 5.32. The predicted molar refractivity (Wildman–Crippen MR) is 70.2 cm³/mol. The number of carbonyl (C=O) groups excluding carboxylic acids is 1. The Labute approximate surface area is 110 Å². The summed E-state index contributed by atoms with van der Waals surface area (Å²) < 4.78 is 13.0. The number of hydrogen-bond donors (Lipinski definition) is 1. The standard InChI is InChI=1S/C15H11FN2O/c1-10-7-12(16)5-6-14(10)15(19)18-13-4-2-3-11(8-13)9-17/h2-8H,1H3,(H,18,19). The summed E-state index contributed by atoms with van der Waals surface area (Å²) in [6.45, 7) is 1.67. The van der Waals surface area contributed by atoms with Gasteiger partial charge in [-0.15, -0.1) is 0 Å². The third-order valence-electron chi connectivity index (χ3n) is 2.68. The van der Waals surface area contributed by atoms with Gasteiger partial charge in [-0.05, 0) is 48.9 Å². The number of nitrogens with zero attached hydrogens (tertiary/aromatic N) is 1. The van der Waals surface area contributed by atoms with E-state index in [1.165, 1.54) is 18.2 Å². The molecule has 0 radical (unpaired) electrons. The second-order valence-corrected chi connectivity index (χ2v) is 4.11. The smallest absolute Gasteiger partial charge is 0.255 e. The van der Waals surface area contributed by atoms with Crippen molar-refractivity contribution in [3.05, 3.63) is 65.0 Å². The largest absolute Gasteiger partial charge is 0.322 e. The molecule has 94 valence electrons. The van der Waals surface area contributed by atoms with Crippen molar-refractivity contribution in [1.29, 1.82) is 5.26 Å². The van der Waals surface area contributed by atoms with Gasteiger partial charge in [0.25, 0.3) is 5.91 Å². The number of anilines is 1. The summed E-state index contributed by atoms with van der Waals surface area (Å²) in [6, 6.07) is 12.6. The first-order chi connectivity index (χ1) is 9.10. The summed E-state index contributed by atoms with van der Waals surface area (Å²) in [5.41, 5.74) is 1.97. The Morgan fingerprint density at radius 1 is 1.26 bits per heavy atom. The lowest BCUT2D eigenvalue weighted by Gasteiger charge is -2.07. The zero-order chi connectivity index (χ0) is 13.8. The number of nitrogens with one attached hydrogen (secondary N) is 1. The zero-order valence-corrected chi connectivity index (χ0v) is 10.3. The molecular formula is C15H11FN2O. The van der Waals surface area contributed by atoms with E-state index < -0.39 is 0 Å². The molecular weight excluding hydrogens is 243 g/mol. The minimum Gasteiger partial charge on any atom is -0.322 e. The highest BCUT2D eigenvalue weighted by atomic mass is 19.1. The molecule has 2 rings (SSSR count). The van der Waals surface area contributed by atoms with Gasteiger partial charge < -0.3 is 5.32 Å². The van der Waals surface area contributed by atoms with Crippen LogP contribution in [-0.2, 0) is 0 Å². The Balaban J connectivity index is 2.23. The third kappa shape index (κ3) is 2.96. The van der Waals surface area contributed by atoms with Gasteiger partial charge in [0, 0.05) is 11.3 Å². The van der Waals surface area contributed by atoms with E-state index in [1.54, 1.807) is 31.2 Å². The maximum Gasteiger partial charge on any atom is 0.255 e. The zero-order valence-electron chi connectivity index (χ0n) is 10.3. The molecule has 4 heteroatoms. The molecule has 0 heterocycles. The predicted octanol–water partition coefficient (Wildman–Crippen LogP) is 3.26. The van der Waals surface area contributed by atoms with Crippen LogP contribution < -0.4 is 5.32 Å². The van der Waals surface area contributed by atoms with Crippen molar-refractivity contribution in [3.63, 3.8) is 0 Å². The lowest BCUT2D eigenvalue weighted by atomic mass is 10.1. The molecule has 2 aromatic carbocycles. The Morgan fingerprint density at radius 3 is 2.74 bits per heavy atom. The molecule has 3 nitrogen and oxygen atoms in total. The average Bonchev–Trinajstić information content (AvgIpc) is 2.38. The summed E-state index contributed by atoms with van der Waals surface area (Å²) in [5, 5.41) is 11.5. The van der Waals surface area contributed by atoms with Gasteiger partial charge in [-0.3, -0.25) is 4.79 Å². The van der Waals surface area contributed by atoms with Crippen LogP contribution in [0.1, 0.15) is 21.5 Å².